The van der Waals surface area contributed by atoms with E-state index < -0.39 is 36.0 Å². The van der Waals surface area contributed by atoms with Crippen molar-refractivity contribution < 1.29 is 33.4 Å². The monoisotopic (exact) mass is 799 g/mol. The molecule has 0 bridgehead atoms. The van der Waals surface area contributed by atoms with Gasteiger partial charge in [-0.15, -0.1) is 0 Å². The van der Waals surface area contributed by atoms with Crippen LogP contribution in [0, 0.1) is 48.3 Å². The standard InChI is InChI=1S/C46H78N4O7/c1-16-32(9)43(49(13)46(55)36(29(4)5)25-39(52)42(30(6)7)48(11)12)40(56-14)26-41(53)50-23-17-18-37(50)44(57-15)33(10)38(51)24-35(28(2)3)45(54)47-27-34-21-19-31(8)20-22-34/h19-22,28-30,32-33,35-37,40,42-44H,16-18,23-27H2,1-15H3,(H,47,54)/t32-,33-,35-,36-,37-,40+,42-,43-,44+/m0/s1. The van der Waals surface area contributed by atoms with Gasteiger partial charge in [0.1, 0.15) is 5.78 Å². The molecule has 11 nitrogen and oxygen atoms in total. The summed E-state index contributed by atoms with van der Waals surface area (Å²) in [4.78, 5) is 75.0. The summed E-state index contributed by atoms with van der Waals surface area (Å²) < 4.78 is 12.1. The average molecular weight is 799 g/mol. The van der Waals surface area contributed by atoms with Crippen LogP contribution in [0.5, 0.6) is 0 Å². The van der Waals surface area contributed by atoms with Gasteiger partial charge in [0.15, 0.2) is 5.78 Å². The lowest BCUT2D eigenvalue weighted by atomic mass is 9.83. The van der Waals surface area contributed by atoms with Crippen LogP contribution in [0.4, 0.5) is 0 Å². The van der Waals surface area contributed by atoms with E-state index >= 15 is 0 Å². The van der Waals surface area contributed by atoms with E-state index in [1.54, 1.807) is 26.2 Å². The van der Waals surface area contributed by atoms with Crippen LogP contribution in [-0.4, -0.2) is 116 Å². The van der Waals surface area contributed by atoms with Gasteiger partial charge in [-0.2, -0.15) is 0 Å². The predicted octanol–water partition coefficient (Wildman–Crippen LogP) is 6.58. The first-order valence-corrected chi connectivity index (χ1v) is 21.4. The van der Waals surface area contributed by atoms with Crippen molar-refractivity contribution in [1.29, 1.82) is 0 Å². The van der Waals surface area contributed by atoms with Crippen LogP contribution < -0.4 is 5.32 Å². The number of methoxy groups -OCH3 is 2. The number of carbonyl (C=O) groups excluding carboxylic acids is 5. The number of hydrogen-bond acceptors (Lipinski definition) is 8. The molecule has 324 valence electrons. The van der Waals surface area contributed by atoms with E-state index in [9.17, 15) is 24.0 Å². The van der Waals surface area contributed by atoms with Crippen LogP contribution in [-0.2, 0) is 40.0 Å². The molecule has 9 atom stereocenters. The van der Waals surface area contributed by atoms with Gasteiger partial charge in [0, 0.05) is 65.0 Å². The average Bonchev–Trinajstić information content (AvgIpc) is 3.64. The summed E-state index contributed by atoms with van der Waals surface area (Å²) in [6, 6.07) is 6.98. The van der Waals surface area contributed by atoms with Crippen molar-refractivity contribution in [1.82, 2.24) is 20.0 Å². The number of nitrogens with one attached hydrogen (secondary N) is 1. The molecule has 11 heteroatoms. The Morgan fingerprint density at radius 1 is 0.807 bits per heavy atom. The minimum atomic E-state index is -0.596. The fourth-order valence-electron chi connectivity index (χ4n) is 8.86. The Morgan fingerprint density at radius 2 is 1.39 bits per heavy atom. The summed E-state index contributed by atoms with van der Waals surface area (Å²) in [7, 11) is 8.74. The van der Waals surface area contributed by atoms with Crippen molar-refractivity contribution in [2.75, 3.05) is 41.9 Å². The molecule has 1 heterocycles. The van der Waals surface area contributed by atoms with Gasteiger partial charge in [0.05, 0.1) is 36.8 Å². The van der Waals surface area contributed by atoms with E-state index in [0.29, 0.717) is 19.5 Å². The Bertz CT molecular complexity index is 1440. The quantitative estimate of drug-likeness (QED) is 0.124. The molecule has 0 aromatic heterocycles. The van der Waals surface area contributed by atoms with Crippen LogP contribution in [0.25, 0.3) is 0 Å². The summed E-state index contributed by atoms with van der Waals surface area (Å²) in [6.07, 6.45) is 1.35. The van der Waals surface area contributed by atoms with Gasteiger partial charge in [-0.25, -0.2) is 0 Å². The van der Waals surface area contributed by atoms with Gasteiger partial charge >= 0.3 is 0 Å². The Morgan fingerprint density at radius 3 is 1.88 bits per heavy atom. The number of carbonyl (C=O) groups is 5. The molecule has 1 saturated heterocycles. The third-order valence-corrected chi connectivity index (χ3v) is 12.6. The largest absolute Gasteiger partial charge is 0.379 e. The molecule has 1 N–H and O–H groups in total. The lowest BCUT2D eigenvalue weighted by Crippen LogP contribution is -2.54. The van der Waals surface area contributed by atoms with Crippen LogP contribution in [0.15, 0.2) is 24.3 Å². The second-order valence-corrected chi connectivity index (χ2v) is 18.0. The number of amides is 3. The number of benzene rings is 1. The van der Waals surface area contributed by atoms with Crippen molar-refractivity contribution >= 4 is 29.3 Å². The maximum absolute atomic E-state index is 14.3. The topological polar surface area (TPSA) is 126 Å². The van der Waals surface area contributed by atoms with Crippen molar-refractivity contribution in [3.63, 3.8) is 0 Å². The molecule has 3 amide bonds. The van der Waals surface area contributed by atoms with Crippen LogP contribution in [0.1, 0.15) is 112 Å². The molecule has 57 heavy (non-hydrogen) atoms. The molecule has 1 fully saturated rings. The highest BCUT2D eigenvalue weighted by Gasteiger charge is 2.43. The third-order valence-electron chi connectivity index (χ3n) is 12.6. The first-order valence-electron chi connectivity index (χ1n) is 21.4. The van der Waals surface area contributed by atoms with Gasteiger partial charge < -0.3 is 24.6 Å². The summed E-state index contributed by atoms with van der Waals surface area (Å²) in [5.74, 6) is -1.96. The molecule has 1 aliphatic rings. The number of ether oxygens (including phenoxy) is 2. The van der Waals surface area contributed by atoms with Crippen molar-refractivity contribution in [3.8, 4) is 0 Å². The van der Waals surface area contributed by atoms with E-state index in [1.165, 1.54) is 0 Å². The molecular weight excluding hydrogens is 721 g/mol. The minimum absolute atomic E-state index is 0.00661. The van der Waals surface area contributed by atoms with Crippen LogP contribution >= 0.6 is 0 Å². The Kier molecular flexibility index (Phi) is 20.6. The number of hydrogen-bond donors (Lipinski definition) is 1. The molecular formula is C46H78N4O7. The lowest BCUT2D eigenvalue weighted by Gasteiger charge is -2.41. The normalized spacial score (nSPS) is 18.9. The number of ketones is 2. The number of aryl methyl sites for hydroxylation is 1. The number of nitrogens with zero attached hydrogens (tertiary/aromatic N) is 3. The summed E-state index contributed by atoms with van der Waals surface area (Å²) in [5, 5.41) is 3.03. The van der Waals surface area contributed by atoms with Gasteiger partial charge in [0.2, 0.25) is 17.7 Å². The highest BCUT2D eigenvalue weighted by molar-refractivity contribution is 5.90. The van der Waals surface area contributed by atoms with Crippen molar-refractivity contribution in [2.24, 2.45) is 41.4 Å². The van der Waals surface area contributed by atoms with E-state index in [4.69, 9.17) is 9.47 Å². The number of rotatable bonds is 24. The zero-order chi connectivity index (χ0) is 43.3. The van der Waals surface area contributed by atoms with E-state index in [-0.39, 0.29) is 84.3 Å². The SMILES string of the molecule is CC[C@H](C)[C@@H]([C@@H](CC(=O)N1CCC[C@H]1[C@H](OC)[C@@H](C)C(=O)C[C@H](C(=O)NCc1ccc(C)cc1)C(C)C)OC)N(C)C(=O)[C@@H](CC(=O)[C@H](C(C)C)N(C)C)C(C)C. The first-order chi connectivity index (χ1) is 26.7. The molecule has 2 rings (SSSR count). The maximum atomic E-state index is 14.3. The predicted molar refractivity (Wildman–Crippen MR) is 227 cm³/mol. The van der Waals surface area contributed by atoms with Gasteiger partial charge in [-0.3, -0.25) is 28.9 Å². The molecule has 0 radical (unpaired) electrons. The van der Waals surface area contributed by atoms with Gasteiger partial charge in [0.25, 0.3) is 0 Å². The zero-order valence-electron chi connectivity index (χ0n) is 38.1. The highest BCUT2D eigenvalue weighted by Crippen LogP contribution is 2.32. The summed E-state index contributed by atoms with van der Waals surface area (Å²) >= 11 is 0. The molecule has 1 aromatic carbocycles. The lowest BCUT2D eigenvalue weighted by molar-refractivity contribution is -0.149. The summed E-state index contributed by atoms with van der Waals surface area (Å²) in [6.45, 7) is 20.8. The third kappa shape index (κ3) is 13.7. The van der Waals surface area contributed by atoms with Gasteiger partial charge in [-0.1, -0.05) is 98.6 Å². The first kappa shape index (κ1) is 50.0. The second-order valence-electron chi connectivity index (χ2n) is 18.0. The van der Waals surface area contributed by atoms with Crippen molar-refractivity contribution in [2.45, 2.75) is 145 Å². The van der Waals surface area contributed by atoms with Crippen LogP contribution in [0.2, 0.25) is 0 Å². The van der Waals surface area contributed by atoms with E-state index in [2.05, 4.69) is 19.2 Å². The molecule has 1 aliphatic heterocycles. The van der Waals surface area contributed by atoms with Crippen molar-refractivity contribution in [3.05, 3.63) is 35.4 Å². The number of Topliss-reactive ketones (excluding diaryl/α,β-unsaturated/α-hetero) is 2. The number of likely N-dealkylation sites (N-methyl/N-ethyl adjacent to an activating group) is 2. The molecule has 0 spiro atoms. The fraction of sp³-hybridized carbons (Fsp3) is 0.761. The van der Waals surface area contributed by atoms with E-state index in [0.717, 1.165) is 24.0 Å². The number of likely N-dealkylation sites (tertiary alicyclic amines) is 1. The highest BCUT2D eigenvalue weighted by atomic mass is 16.5. The minimum Gasteiger partial charge on any atom is -0.379 e. The Balaban J connectivity index is 2.25. The Labute approximate surface area is 345 Å². The molecule has 0 aliphatic carbocycles. The fourth-order valence-corrected chi connectivity index (χ4v) is 8.86. The molecule has 0 unspecified atom stereocenters. The zero-order valence-corrected chi connectivity index (χ0v) is 38.1. The van der Waals surface area contributed by atoms with E-state index in [1.807, 2.05) is 104 Å². The Hall–Kier alpha value is -3.15. The maximum Gasteiger partial charge on any atom is 0.226 e. The van der Waals surface area contributed by atoms with Gasteiger partial charge in [-0.05, 0) is 63.1 Å². The summed E-state index contributed by atoms with van der Waals surface area (Å²) in [5.41, 5.74) is 2.15. The second kappa shape index (κ2) is 23.4. The van der Waals surface area contributed by atoms with Crippen LogP contribution in [0.3, 0.4) is 0 Å². The molecule has 0 saturated carbocycles. The smallest absolute Gasteiger partial charge is 0.226 e. The molecule has 1 aromatic rings.